The molecule has 27 heavy (non-hydrogen) atoms. The van der Waals surface area contributed by atoms with Crippen LogP contribution in [0.25, 0.3) is 11.6 Å². The molecule has 3 rings (SSSR count). The molecular formula is C23H25NO3. The Balaban J connectivity index is 2.05. The van der Waals surface area contributed by atoms with Gasteiger partial charge >= 0.3 is 5.97 Å². The zero-order valence-electron chi connectivity index (χ0n) is 16.1. The van der Waals surface area contributed by atoms with E-state index in [0.717, 1.165) is 29.8 Å². The molecule has 4 nitrogen and oxygen atoms in total. The van der Waals surface area contributed by atoms with Gasteiger partial charge in [0.25, 0.3) is 0 Å². The molecule has 4 heteroatoms. The van der Waals surface area contributed by atoms with Crippen LogP contribution in [0.5, 0.6) is 5.75 Å². The van der Waals surface area contributed by atoms with Crippen LogP contribution in [0, 0.1) is 0 Å². The van der Waals surface area contributed by atoms with Crippen LogP contribution in [0.15, 0.2) is 54.6 Å². The fraction of sp³-hybridized carbons (Fsp3) is 0.261. The van der Waals surface area contributed by atoms with Crippen molar-refractivity contribution in [1.82, 2.24) is 4.90 Å². The van der Waals surface area contributed by atoms with Crippen LogP contribution in [0.3, 0.4) is 0 Å². The standard InChI is InChI=1S/C23H25NO3/c1-24(2)14-6-9-20-19-8-5-4-7-18(19)16-27-22-12-10-17(15-21(20)22)11-13-23(25)26-3/h4-5,7-13,15H,6,14,16H2,1-3H3. The third kappa shape index (κ3) is 4.66. The SMILES string of the molecule is COC(=O)C=Cc1ccc2c(c1)C(=CCCN(C)C)c1ccccc1CO2. The van der Waals surface area contributed by atoms with Crippen molar-refractivity contribution < 1.29 is 14.3 Å². The van der Waals surface area contributed by atoms with E-state index in [1.807, 2.05) is 18.2 Å². The zero-order valence-corrected chi connectivity index (χ0v) is 16.1. The lowest BCUT2D eigenvalue weighted by atomic mass is 9.92. The summed E-state index contributed by atoms with van der Waals surface area (Å²) in [5.41, 5.74) is 5.53. The predicted octanol–water partition coefficient (Wildman–Crippen LogP) is 4.15. The second-order valence-electron chi connectivity index (χ2n) is 6.77. The fourth-order valence-corrected chi connectivity index (χ4v) is 3.12. The van der Waals surface area contributed by atoms with Crippen molar-refractivity contribution in [3.05, 3.63) is 76.9 Å². The minimum atomic E-state index is -0.367. The summed E-state index contributed by atoms with van der Waals surface area (Å²) in [7, 11) is 5.53. The van der Waals surface area contributed by atoms with Crippen LogP contribution in [0.2, 0.25) is 0 Å². The Hall–Kier alpha value is -2.85. The quantitative estimate of drug-likeness (QED) is 0.591. The molecule has 1 aliphatic heterocycles. The highest BCUT2D eigenvalue weighted by atomic mass is 16.5. The maximum Gasteiger partial charge on any atom is 0.330 e. The fourth-order valence-electron chi connectivity index (χ4n) is 3.12. The van der Waals surface area contributed by atoms with Gasteiger partial charge < -0.3 is 14.4 Å². The van der Waals surface area contributed by atoms with Crippen LogP contribution in [-0.2, 0) is 16.1 Å². The molecule has 0 N–H and O–H groups in total. The number of carbonyl (C=O) groups excluding carboxylic acids is 1. The molecule has 0 fully saturated rings. The Kier molecular flexibility index (Phi) is 6.09. The summed E-state index contributed by atoms with van der Waals surface area (Å²) in [5, 5.41) is 0. The van der Waals surface area contributed by atoms with Crippen molar-refractivity contribution >= 4 is 17.6 Å². The normalized spacial score (nSPS) is 14.6. The van der Waals surface area contributed by atoms with Gasteiger partial charge in [-0.05, 0) is 61.0 Å². The van der Waals surface area contributed by atoms with E-state index in [1.165, 1.54) is 29.9 Å². The van der Waals surface area contributed by atoms with Crippen LogP contribution >= 0.6 is 0 Å². The maximum atomic E-state index is 11.4. The van der Waals surface area contributed by atoms with Crippen molar-refractivity contribution in [1.29, 1.82) is 0 Å². The minimum absolute atomic E-state index is 0.367. The molecule has 0 radical (unpaired) electrons. The molecule has 0 amide bonds. The Morgan fingerprint density at radius 1 is 1.19 bits per heavy atom. The van der Waals surface area contributed by atoms with E-state index in [0.29, 0.717) is 6.61 Å². The molecule has 1 heterocycles. The van der Waals surface area contributed by atoms with Crippen molar-refractivity contribution in [2.24, 2.45) is 0 Å². The second kappa shape index (κ2) is 8.69. The highest BCUT2D eigenvalue weighted by Crippen LogP contribution is 2.37. The topological polar surface area (TPSA) is 38.8 Å². The number of nitrogens with zero attached hydrogens (tertiary/aromatic N) is 1. The van der Waals surface area contributed by atoms with Crippen molar-refractivity contribution in [2.45, 2.75) is 13.0 Å². The Labute approximate surface area is 160 Å². The Morgan fingerprint density at radius 2 is 2.00 bits per heavy atom. The third-order valence-electron chi connectivity index (χ3n) is 4.52. The smallest absolute Gasteiger partial charge is 0.330 e. The molecule has 0 aromatic heterocycles. The molecular weight excluding hydrogens is 338 g/mol. The van der Waals surface area contributed by atoms with Gasteiger partial charge in [-0.25, -0.2) is 4.79 Å². The number of benzene rings is 2. The number of esters is 1. The summed E-state index contributed by atoms with van der Waals surface area (Å²) in [6.45, 7) is 1.52. The lowest BCUT2D eigenvalue weighted by Gasteiger charge is -2.13. The van der Waals surface area contributed by atoms with Crippen molar-refractivity contribution in [3.63, 3.8) is 0 Å². The first-order valence-electron chi connectivity index (χ1n) is 9.05. The second-order valence-corrected chi connectivity index (χ2v) is 6.77. The van der Waals surface area contributed by atoms with Gasteiger partial charge in [-0.1, -0.05) is 36.4 Å². The Bertz CT molecular complexity index is 881. The minimum Gasteiger partial charge on any atom is -0.488 e. The number of methoxy groups -OCH3 is 1. The van der Waals surface area contributed by atoms with Gasteiger partial charge in [0, 0.05) is 18.2 Å². The number of rotatable bonds is 5. The molecule has 0 unspecified atom stereocenters. The first-order valence-corrected chi connectivity index (χ1v) is 9.05. The van der Waals surface area contributed by atoms with E-state index in [2.05, 4.69) is 54.1 Å². The Morgan fingerprint density at radius 3 is 2.78 bits per heavy atom. The van der Waals surface area contributed by atoms with E-state index in [4.69, 9.17) is 4.74 Å². The molecule has 0 bridgehead atoms. The monoisotopic (exact) mass is 363 g/mol. The summed E-state index contributed by atoms with van der Waals surface area (Å²) >= 11 is 0. The lowest BCUT2D eigenvalue weighted by molar-refractivity contribution is -0.134. The number of hydrogen-bond acceptors (Lipinski definition) is 4. The highest BCUT2D eigenvalue weighted by Gasteiger charge is 2.19. The first-order chi connectivity index (χ1) is 13.1. The lowest BCUT2D eigenvalue weighted by Crippen LogP contribution is -2.12. The molecule has 0 saturated heterocycles. The van der Waals surface area contributed by atoms with Crippen LogP contribution in [-0.4, -0.2) is 38.6 Å². The first kappa shape index (κ1) is 18.9. The zero-order chi connectivity index (χ0) is 19.2. The molecule has 0 spiro atoms. The summed E-state index contributed by atoms with van der Waals surface area (Å²) in [6.07, 6.45) is 6.42. The van der Waals surface area contributed by atoms with Crippen LogP contribution < -0.4 is 4.74 Å². The molecule has 140 valence electrons. The summed E-state index contributed by atoms with van der Waals surface area (Å²) in [5.74, 6) is 0.491. The van der Waals surface area contributed by atoms with Gasteiger partial charge in [-0.3, -0.25) is 0 Å². The van der Waals surface area contributed by atoms with Gasteiger partial charge in [0.15, 0.2) is 0 Å². The van der Waals surface area contributed by atoms with E-state index in [1.54, 1.807) is 6.08 Å². The van der Waals surface area contributed by atoms with Gasteiger partial charge in [-0.15, -0.1) is 0 Å². The van der Waals surface area contributed by atoms with Crippen molar-refractivity contribution in [3.8, 4) is 5.75 Å². The van der Waals surface area contributed by atoms with Gasteiger partial charge in [0.1, 0.15) is 12.4 Å². The van der Waals surface area contributed by atoms with E-state index in [9.17, 15) is 4.79 Å². The summed E-state index contributed by atoms with van der Waals surface area (Å²) in [4.78, 5) is 13.6. The highest BCUT2D eigenvalue weighted by molar-refractivity contribution is 5.89. The number of carbonyl (C=O) groups is 1. The molecule has 0 saturated carbocycles. The van der Waals surface area contributed by atoms with E-state index >= 15 is 0 Å². The molecule has 0 atom stereocenters. The third-order valence-corrected chi connectivity index (χ3v) is 4.52. The molecule has 1 aliphatic rings. The van der Waals surface area contributed by atoms with Gasteiger partial charge in [0.05, 0.1) is 7.11 Å². The predicted molar refractivity (Wildman–Crippen MR) is 109 cm³/mol. The summed E-state index contributed by atoms with van der Waals surface area (Å²) < 4.78 is 10.7. The molecule has 2 aromatic rings. The van der Waals surface area contributed by atoms with Crippen LogP contribution in [0.1, 0.15) is 28.7 Å². The van der Waals surface area contributed by atoms with Crippen molar-refractivity contribution in [2.75, 3.05) is 27.7 Å². The molecule has 0 aliphatic carbocycles. The molecule has 2 aromatic carbocycles. The van der Waals surface area contributed by atoms with Gasteiger partial charge in [0.2, 0.25) is 0 Å². The van der Waals surface area contributed by atoms with E-state index in [-0.39, 0.29) is 5.97 Å². The largest absolute Gasteiger partial charge is 0.488 e. The van der Waals surface area contributed by atoms with Crippen LogP contribution in [0.4, 0.5) is 0 Å². The average Bonchev–Trinajstić information content (AvgIpc) is 2.83. The summed E-state index contributed by atoms with van der Waals surface area (Å²) in [6, 6.07) is 14.3. The van der Waals surface area contributed by atoms with E-state index < -0.39 is 0 Å². The van der Waals surface area contributed by atoms with Gasteiger partial charge in [-0.2, -0.15) is 0 Å². The average molecular weight is 363 g/mol. The maximum absolute atomic E-state index is 11.4. The number of fused-ring (bicyclic) bond motifs is 2. The number of ether oxygens (including phenoxy) is 2. The number of hydrogen-bond donors (Lipinski definition) is 0.